The first-order chi connectivity index (χ1) is 9.24. The minimum atomic E-state index is -4.33. The van der Waals surface area contributed by atoms with Crippen LogP contribution >= 0.6 is 0 Å². The lowest BCUT2D eigenvalue weighted by atomic mass is 10.1. The lowest BCUT2D eigenvalue weighted by Gasteiger charge is -2.23. The minimum absolute atomic E-state index is 0.0917. The first-order valence-corrected chi connectivity index (χ1v) is 6.15. The highest BCUT2D eigenvalue weighted by Crippen LogP contribution is 2.20. The van der Waals surface area contributed by atoms with Crippen molar-refractivity contribution in [2.24, 2.45) is 5.73 Å². The Balaban J connectivity index is 2.94. The zero-order valence-corrected chi connectivity index (χ0v) is 11.1. The highest BCUT2D eigenvalue weighted by atomic mass is 19.4. The smallest absolute Gasteiger partial charge is 0.384 e. The molecule has 0 aromatic heterocycles. The summed E-state index contributed by atoms with van der Waals surface area (Å²) in [4.78, 5) is 1.13. The maximum atomic E-state index is 14.0. The third-order valence-corrected chi connectivity index (χ3v) is 2.71. The largest absolute Gasteiger partial charge is 0.401 e. The summed E-state index contributed by atoms with van der Waals surface area (Å²) in [5.74, 6) is -1.18. The summed E-state index contributed by atoms with van der Waals surface area (Å²) in [6, 6.07) is 4.21. The van der Waals surface area contributed by atoms with Crippen LogP contribution in [0.15, 0.2) is 18.2 Å². The second-order valence-corrected chi connectivity index (χ2v) is 4.52. The van der Waals surface area contributed by atoms with Crippen molar-refractivity contribution in [3.63, 3.8) is 0 Å². The summed E-state index contributed by atoms with van der Waals surface area (Å²) in [5.41, 5.74) is 5.24. The molecule has 0 radical (unpaired) electrons. The predicted molar refractivity (Wildman–Crippen MR) is 69.0 cm³/mol. The highest BCUT2D eigenvalue weighted by Gasteiger charge is 2.30. The Hall–Kier alpha value is -1.63. The Bertz CT molecular complexity index is 471. The predicted octanol–water partition coefficient (Wildman–Crippen LogP) is 2.88. The molecule has 0 aliphatic rings. The molecule has 0 saturated carbocycles. The highest BCUT2D eigenvalue weighted by molar-refractivity contribution is 5.95. The Morgan fingerprint density at radius 3 is 2.50 bits per heavy atom. The number of nitrogens with zero attached hydrogens (tertiary/aromatic N) is 1. The quantitative estimate of drug-likeness (QED) is 0.481. The van der Waals surface area contributed by atoms with Crippen LogP contribution in [0.25, 0.3) is 0 Å². The van der Waals surface area contributed by atoms with Gasteiger partial charge in [0, 0.05) is 12.1 Å². The molecule has 3 nitrogen and oxygen atoms in total. The van der Waals surface area contributed by atoms with Gasteiger partial charge in [-0.2, -0.15) is 13.2 Å². The number of amidine groups is 1. The number of nitrogens with one attached hydrogen (secondary N) is 1. The molecule has 0 saturated heterocycles. The van der Waals surface area contributed by atoms with Gasteiger partial charge in [0.15, 0.2) is 0 Å². The van der Waals surface area contributed by atoms with Gasteiger partial charge in [-0.15, -0.1) is 0 Å². The number of alkyl halides is 3. The average Bonchev–Trinajstić information content (AvgIpc) is 2.29. The van der Waals surface area contributed by atoms with Gasteiger partial charge < -0.3 is 5.73 Å². The minimum Gasteiger partial charge on any atom is -0.384 e. The molecule has 1 rings (SSSR count). The van der Waals surface area contributed by atoms with Crippen LogP contribution in [0, 0.1) is 11.2 Å². The van der Waals surface area contributed by atoms with Crippen molar-refractivity contribution < 1.29 is 17.6 Å². The summed E-state index contributed by atoms with van der Waals surface area (Å²) in [5, 5.41) is 7.22. The van der Waals surface area contributed by atoms with E-state index in [1.807, 2.05) is 0 Å². The zero-order chi connectivity index (χ0) is 15.3. The van der Waals surface area contributed by atoms with Crippen molar-refractivity contribution in [2.75, 3.05) is 13.1 Å². The van der Waals surface area contributed by atoms with Crippen LogP contribution < -0.4 is 5.73 Å². The fourth-order valence-electron chi connectivity index (χ4n) is 1.93. The van der Waals surface area contributed by atoms with Crippen LogP contribution in [0.3, 0.4) is 0 Å². The number of rotatable bonds is 6. The SMILES string of the molecule is CCCN(Cc1cccc(C(=N)N)c1F)CC(F)(F)F. The van der Waals surface area contributed by atoms with Crippen molar-refractivity contribution in [2.45, 2.75) is 26.1 Å². The second-order valence-electron chi connectivity index (χ2n) is 4.52. The van der Waals surface area contributed by atoms with Gasteiger partial charge >= 0.3 is 6.18 Å². The Kier molecular flexibility index (Phi) is 5.50. The molecule has 0 heterocycles. The third-order valence-electron chi connectivity index (χ3n) is 2.71. The van der Waals surface area contributed by atoms with Gasteiger partial charge in [-0.3, -0.25) is 10.3 Å². The van der Waals surface area contributed by atoms with Crippen LogP contribution in [-0.4, -0.2) is 30.0 Å². The molecule has 0 atom stereocenters. The van der Waals surface area contributed by atoms with Crippen LogP contribution in [0.5, 0.6) is 0 Å². The van der Waals surface area contributed by atoms with Crippen LogP contribution in [0.2, 0.25) is 0 Å². The van der Waals surface area contributed by atoms with Crippen molar-refractivity contribution in [3.05, 3.63) is 35.1 Å². The van der Waals surface area contributed by atoms with E-state index in [9.17, 15) is 17.6 Å². The molecule has 7 heteroatoms. The molecule has 0 unspecified atom stereocenters. The van der Waals surface area contributed by atoms with E-state index in [0.29, 0.717) is 6.42 Å². The van der Waals surface area contributed by atoms with E-state index >= 15 is 0 Å². The molecule has 0 aliphatic carbocycles. The lowest BCUT2D eigenvalue weighted by Crippen LogP contribution is -2.34. The standard InChI is InChI=1S/C13H17F4N3/c1-2-6-20(8-13(15,16)17)7-9-4-3-5-10(11(9)14)12(18)19/h3-5H,2,6-8H2,1H3,(H3,18,19). The number of benzene rings is 1. The molecule has 112 valence electrons. The van der Waals surface area contributed by atoms with Crippen LogP contribution in [0.1, 0.15) is 24.5 Å². The molecular weight excluding hydrogens is 274 g/mol. The lowest BCUT2D eigenvalue weighted by molar-refractivity contribution is -0.147. The fraction of sp³-hybridized carbons (Fsp3) is 0.462. The van der Waals surface area contributed by atoms with Gasteiger partial charge in [-0.25, -0.2) is 4.39 Å². The topological polar surface area (TPSA) is 53.1 Å². The number of hydrogen-bond donors (Lipinski definition) is 2. The summed E-state index contributed by atoms with van der Waals surface area (Å²) < 4.78 is 51.4. The summed E-state index contributed by atoms with van der Waals surface area (Å²) in [6.07, 6.45) is -3.80. The van der Waals surface area contributed by atoms with E-state index < -0.39 is 24.4 Å². The monoisotopic (exact) mass is 291 g/mol. The maximum absolute atomic E-state index is 14.0. The number of hydrogen-bond acceptors (Lipinski definition) is 2. The molecule has 0 fully saturated rings. The van der Waals surface area contributed by atoms with E-state index in [2.05, 4.69) is 0 Å². The summed E-state index contributed by atoms with van der Waals surface area (Å²) in [7, 11) is 0. The third kappa shape index (κ3) is 4.80. The van der Waals surface area contributed by atoms with Gasteiger partial charge in [0.1, 0.15) is 11.7 Å². The first kappa shape index (κ1) is 16.4. The summed E-state index contributed by atoms with van der Waals surface area (Å²) in [6.45, 7) is 0.708. The molecular formula is C13H17F4N3. The first-order valence-electron chi connectivity index (χ1n) is 6.15. The van der Waals surface area contributed by atoms with E-state index in [1.54, 1.807) is 6.92 Å². The number of halogens is 4. The van der Waals surface area contributed by atoms with E-state index in [1.165, 1.54) is 18.2 Å². The Morgan fingerprint density at radius 1 is 1.35 bits per heavy atom. The Labute approximate surface area is 114 Å². The van der Waals surface area contributed by atoms with Gasteiger partial charge in [-0.05, 0) is 19.0 Å². The van der Waals surface area contributed by atoms with Gasteiger partial charge in [-0.1, -0.05) is 19.1 Å². The van der Waals surface area contributed by atoms with Crippen molar-refractivity contribution in [1.29, 1.82) is 5.41 Å². The summed E-state index contributed by atoms with van der Waals surface area (Å²) >= 11 is 0. The Morgan fingerprint density at radius 2 is 2.00 bits per heavy atom. The molecule has 0 amide bonds. The van der Waals surface area contributed by atoms with Crippen molar-refractivity contribution in [3.8, 4) is 0 Å². The number of nitrogen functional groups attached to an aromatic ring is 1. The van der Waals surface area contributed by atoms with E-state index in [4.69, 9.17) is 11.1 Å². The molecule has 3 N–H and O–H groups in total. The second kappa shape index (κ2) is 6.69. The molecule has 0 bridgehead atoms. The molecule has 20 heavy (non-hydrogen) atoms. The molecule has 0 aliphatic heterocycles. The van der Waals surface area contributed by atoms with Crippen LogP contribution in [-0.2, 0) is 6.54 Å². The van der Waals surface area contributed by atoms with Crippen molar-refractivity contribution >= 4 is 5.84 Å². The molecule has 1 aromatic carbocycles. The fourth-order valence-corrected chi connectivity index (χ4v) is 1.93. The average molecular weight is 291 g/mol. The van der Waals surface area contributed by atoms with Gasteiger partial charge in [0.2, 0.25) is 0 Å². The zero-order valence-electron chi connectivity index (χ0n) is 11.1. The molecule has 1 aromatic rings. The normalized spacial score (nSPS) is 11.9. The maximum Gasteiger partial charge on any atom is 0.401 e. The van der Waals surface area contributed by atoms with E-state index in [0.717, 1.165) is 4.90 Å². The van der Waals surface area contributed by atoms with Gasteiger partial charge in [0.25, 0.3) is 0 Å². The number of nitrogens with two attached hydrogens (primary N) is 1. The van der Waals surface area contributed by atoms with Gasteiger partial charge in [0.05, 0.1) is 12.1 Å². The molecule has 0 spiro atoms. The van der Waals surface area contributed by atoms with Crippen molar-refractivity contribution in [1.82, 2.24) is 4.90 Å². The van der Waals surface area contributed by atoms with E-state index in [-0.39, 0.29) is 24.2 Å². The van der Waals surface area contributed by atoms with Crippen LogP contribution in [0.4, 0.5) is 17.6 Å².